The van der Waals surface area contributed by atoms with Crippen LogP contribution in [0.4, 0.5) is 13.2 Å². The second kappa shape index (κ2) is 6.97. The number of nitrogens with zero attached hydrogens (tertiary/aromatic N) is 2. The molecule has 1 aromatic carbocycles. The van der Waals surface area contributed by atoms with Gasteiger partial charge in [-0.25, -0.2) is 0 Å². The standard InChI is InChI=1S/C19H19F3N2O4/c1-11-6-12(2)8-15(7-11)27-10-14-4-5-16(28-14)17(25)24-18(26,19(20,21)22)9-13(3)23-24/h4-8,26H,9-10H2,1-3H3/t18-/m1/s1. The lowest BCUT2D eigenvalue weighted by atomic mass is 10.1. The van der Waals surface area contributed by atoms with Crippen molar-refractivity contribution in [2.24, 2.45) is 5.10 Å². The van der Waals surface area contributed by atoms with Crippen LogP contribution in [0.5, 0.6) is 5.75 Å². The van der Waals surface area contributed by atoms with Crippen molar-refractivity contribution in [3.05, 3.63) is 53.0 Å². The molecule has 0 unspecified atom stereocenters. The summed E-state index contributed by atoms with van der Waals surface area (Å²) in [5.41, 5.74) is -1.38. The summed E-state index contributed by atoms with van der Waals surface area (Å²) in [4.78, 5) is 12.5. The smallest absolute Gasteiger partial charge is 0.438 e. The molecule has 0 aliphatic carbocycles. The number of benzene rings is 1. The monoisotopic (exact) mass is 396 g/mol. The first kappa shape index (κ1) is 19.9. The minimum absolute atomic E-state index is 0.0119. The molecule has 0 saturated carbocycles. The molecule has 6 nitrogen and oxygen atoms in total. The van der Waals surface area contributed by atoms with E-state index >= 15 is 0 Å². The van der Waals surface area contributed by atoms with E-state index in [-0.39, 0.29) is 28.8 Å². The van der Waals surface area contributed by atoms with Crippen LogP contribution in [-0.4, -0.2) is 33.6 Å². The number of carbonyl (C=O) groups is 1. The largest absolute Gasteiger partial charge is 0.486 e. The molecule has 1 amide bonds. The Morgan fingerprint density at radius 1 is 1.25 bits per heavy atom. The third-order valence-electron chi connectivity index (χ3n) is 4.22. The van der Waals surface area contributed by atoms with Crippen LogP contribution in [0.15, 0.2) is 39.9 Å². The first-order valence-electron chi connectivity index (χ1n) is 8.47. The van der Waals surface area contributed by atoms with E-state index in [4.69, 9.17) is 9.15 Å². The Labute approximate surface area is 159 Å². The van der Waals surface area contributed by atoms with Crippen molar-refractivity contribution in [2.45, 2.75) is 45.7 Å². The molecule has 9 heteroatoms. The number of aliphatic hydroxyl groups is 1. The van der Waals surface area contributed by atoms with Crippen LogP contribution >= 0.6 is 0 Å². The van der Waals surface area contributed by atoms with Gasteiger partial charge in [0.2, 0.25) is 0 Å². The molecule has 0 bridgehead atoms. The molecular weight excluding hydrogens is 377 g/mol. The highest BCUT2D eigenvalue weighted by atomic mass is 19.4. The maximum Gasteiger partial charge on any atom is 0.438 e. The van der Waals surface area contributed by atoms with Gasteiger partial charge in [0, 0.05) is 12.1 Å². The number of hydrazone groups is 1. The van der Waals surface area contributed by atoms with Crippen molar-refractivity contribution < 1.29 is 32.2 Å². The van der Waals surface area contributed by atoms with Crippen LogP contribution in [-0.2, 0) is 6.61 Å². The molecule has 1 aliphatic heterocycles. The summed E-state index contributed by atoms with van der Waals surface area (Å²) in [5.74, 6) is -0.708. The fraction of sp³-hybridized carbons (Fsp3) is 0.368. The molecule has 1 aliphatic rings. The zero-order valence-electron chi connectivity index (χ0n) is 15.5. The summed E-state index contributed by atoms with van der Waals surface area (Å²) < 4.78 is 50.7. The number of aryl methyl sites for hydroxylation is 2. The van der Waals surface area contributed by atoms with Crippen molar-refractivity contribution >= 4 is 11.6 Å². The average Bonchev–Trinajstić information content (AvgIpc) is 3.16. The molecule has 2 aromatic rings. The third-order valence-corrected chi connectivity index (χ3v) is 4.22. The fourth-order valence-electron chi connectivity index (χ4n) is 3.00. The molecule has 1 N–H and O–H groups in total. The highest BCUT2D eigenvalue weighted by Crippen LogP contribution is 2.41. The normalized spacial score (nSPS) is 19.7. The number of alkyl halides is 3. The summed E-state index contributed by atoms with van der Waals surface area (Å²) in [5, 5.41) is 13.6. The molecule has 28 heavy (non-hydrogen) atoms. The van der Waals surface area contributed by atoms with E-state index in [0.717, 1.165) is 11.1 Å². The second-order valence-electron chi connectivity index (χ2n) is 6.82. The molecule has 150 valence electrons. The minimum atomic E-state index is -5.06. The molecule has 1 atom stereocenters. The molecule has 0 saturated heterocycles. The Morgan fingerprint density at radius 3 is 2.50 bits per heavy atom. The number of hydrogen-bond acceptors (Lipinski definition) is 5. The van der Waals surface area contributed by atoms with Gasteiger partial charge in [-0.1, -0.05) is 6.07 Å². The van der Waals surface area contributed by atoms with Crippen LogP contribution < -0.4 is 4.74 Å². The van der Waals surface area contributed by atoms with E-state index in [1.807, 2.05) is 32.0 Å². The highest BCUT2D eigenvalue weighted by molar-refractivity contribution is 5.96. The van der Waals surface area contributed by atoms with E-state index in [9.17, 15) is 23.1 Å². The Hall–Kier alpha value is -2.81. The zero-order valence-corrected chi connectivity index (χ0v) is 15.5. The minimum Gasteiger partial charge on any atom is -0.486 e. The van der Waals surface area contributed by atoms with Crippen molar-refractivity contribution in [1.29, 1.82) is 0 Å². The van der Waals surface area contributed by atoms with Gasteiger partial charge >= 0.3 is 12.1 Å². The SMILES string of the molecule is CC1=NN(C(=O)c2ccc(COc3cc(C)cc(C)c3)o2)[C@](O)(C(F)(F)F)C1. The molecule has 0 fully saturated rings. The Morgan fingerprint density at radius 2 is 1.89 bits per heavy atom. The Bertz CT molecular complexity index is 915. The van der Waals surface area contributed by atoms with E-state index in [0.29, 0.717) is 5.75 Å². The predicted octanol–water partition coefficient (Wildman–Crippen LogP) is 3.95. The summed E-state index contributed by atoms with van der Waals surface area (Å²) in [6.07, 6.45) is -5.88. The lowest BCUT2D eigenvalue weighted by molar-refractivity contribution is -0.297. The molecule has 1 aromatic heterocycles. The van der Waals surface area contributed by atoms with Crippen LogP contribution in [0, 0.1) is 13.8 Å². The van der Waals surface area contributed by atoms with Gasteiger partial charge in [0.05, 0.1) is 0 Å². The molecule has 0 spiro atoms. The first-order valence-corrected chi connectivity index (χ1v) is 8.47. The van der Waals surface area contributed by atoms with Crippen molar-refractivity contribution in [3.63, 3.8) is 0 Å². The number of halogens is 3. The maximum absolute atomic E-state index is 13.3. The quantitative estimate of drug-likeness (QED) is 0.849. The molecular formula is C19H19F3N2O4. The van der Waals surface area contributed by atoms with Gasteiger partial charge in [-0.05, 0) is 56.2 Å². The second-order valence-corrected chi connectivity index (χ2v) is 6.82. The molecule has 2 heterocycles. The van der Waals surface area contributed by atoms with Crippen LogP contribution in [0.3, 0.4) is 0 Å². The van der Waals surface area contributed by atoms with Gasteiger partial charge in [0.25, 0.3) is 5.72 Å². The van der Waals surface area contributed by atoms with Gasteiger partial charge < -0.3 is 14.3 Å². The van der Waals surface area contributed by atoms with Crippen molar-refractivity contribution in [1.82, 2.24) is 5.01 Å². The lowest BCUT2D eigenvalue weighted by Crippen LogP contribution is -2.56. The van der Waals surface area contributed by atoms with E-state index < -0.39 is 24.2 Å². The fourth-order valence-corrected chi connectivity index (χ4v) is 3.00. The van der Waals surface area contributed by atoms with Crippen LogP contribution in [0.2, 0.25) is 0 Å². The summed E-state index contributed by atoms with van der Waals surface area (Å²) in [6, 6.07) is 8.29. The topological polar surface area (TPSA) is 75.3 Å². The molecule has 3 rings (SSSR count). The van der Waals surface area contributed by atoms with E-state index in [1.54, 1.807) is 0 Å². The maximum atomic E-state index is 13.3. The van der Waals surface area contributed by atoms with Crippen LogP contribution in [0.25, 0.3) is 0 Å². The van der Waals surface area contributed by atoms with E-state index in [2.05, 4.69) is 5.10 Å². The number of furan rings is 1. The van der Waals surface area contributed by atoms with Gasteiger partial charge in [-0.15, -0.1) is 0 Å². The number of rotatable bonds is 4. The third kappa shape index (κ3) is 3.75. The van der Waals surface area contributed by atoms with Gasteiger partial charge in [0.1, 0.15) is 18.1 Å². The summed E-state index contributed by atoms with van der Waals surface area (Å²) in [6.45, 7) is 5.13. The number of amides is 1. The highest BCUT2D eigenvalue weighted by Gasteiger charge is 2.63. The van der Waals surface area contributed by atoms with Crippen molar-refractivity contribution in [3.8, 4) is 5.75 Å². The lowest BCUT2D eigenvalue weighted by Gasteiger charge is -2.32. The van der Waals surface area contributed by atoms with Crippen molar-refractivity contribution in [2.75, 3.05) is 0 Å². The van der Waals surface area contributed by atoms with Gasteiger partial charge in [0.15, 0.2) is 5.76 Å². The van der Waals surface area contributed by atoms with Gasteiger partial charge in [-0.2, -0.15) is 23.3 Å². The van der Waals surface area contributed by atoms with Gasteiger partial charge in [-0.3, -0.25) is 4.79 Å². The average molecular weight is 396 g/mol. The first-order chi connectivity index (χ1) is 13.0. The Balaban J connectivity index is 1.75. The predicted molar refractivity (Wildman–Crippen MR) is 93.9 cm³/mol. The van der Waals surface area contributed by atoms with Crippen LogP contribution in [0.1, 0.15) is 40.8 Å². The van der Waals surface area contributed by atoms with E-state index in [1.165, 1.54) is 19.1 Å². The summed E-state index contributed by atoms with van der Waals surface area (Å²) >= 11 is 0. The number of hydrogen-bond donors (Lipinski definition) is 1. The zero-order chi connectivity index (χ0) is 20.7. The Kier molecular flexibility index (Phi) is 4.97. The summed E-state index contributed by atoms with van der Waals surface area (Å²) in [7, 11) is 0. The molecule has 0 radical (unpaired) electrons. The number of carbonyl (C=O) groups excluding carboxylic acids is 1. The number of ether oxygens (including phenoxy) is 1.